The molecule has 1 aromatic carbocycles. The van der Waals surface area contributed by atoms with E-state index in [4.69, 9.17) is 5.73 Å². The number of hydrogen-bond donors (Lipinski definition) is 1. The second-order valence-electron chi connectivity index (χ2n) is 6.19. The lowest BCUT2D eigenvalue weighted by Gasteiger charge is -2.27. The van der Waals surface area contributed by atoms with Crippen molar-refractivity contribution in [1.29, 1.82) is 0 Å². The van der Waals surface area contributed by atoms with Crippen LogP contribution in [-0.2, 0) is 19.5 Å². The van der Waals surface area contributed by atoms with E-state index in [1.165, 1.54) is 6.07 Å². The summed E-state index contributed by atoms with van der Waals surface area (Å²) in [4.78, 5) is 15.1. The number of nitrogens with zero attached hydrogens (tertiary/aromatic N) is 4. The number of pyridine rings is 1. The lowest BCUT2D eigenvalue weighted by atomic mass is 10.1. The second-order valence-corrected chi connectivity index (χ2v) is 6.19. The summed E-state index contributed by atoms with van der Waals surface area (Å²) in [6.07, 6.45) is 4.49. The van der Waals surface area contributed by atoms with Gasteiger partial charge in [0.2, 0.25) is 5.95 Å². The van der Waals surface area contributed by atoms with Gasteiger partial charge in [-0.05, 0) is 23.8 Å². The number of fused-ring (bicyclic) bond motifs is 1. The topological polar surface area (TPSA) is 67.9 Å². The van der Waals surface area contributed by atoms with Crippen molar-refractivity contribution in [1.82, 2.24) is 19.9 Å². The maximum atomic E-state index is 13.8. The van der Waals surface area contributed by atoms with Crippen molar-refractivity contribution in [3.8, 4) is 11.3 Å². The highest BCUT2D eigenvalue weighted by molar-refractivity contribution is 5.59. The summed E-state index contributed by atoms with van der Waals surface area (Å²) in [6, 6.07) is 10.6. The SMILES string of the molecule is Nc1ncc2c(n1)CCN(Cc1ccc(-c3ccccc3F)nc1)C2. The number of anilines is 1. The molecule has 0 saturated carbocycles. The van der Waals surface area contributed by atoms with E-state index in [1.54, 1.807) is 12.1 Å². The molecule has 0 fully saturated rings. The number of nitrogens with two attached hydrogens (primary N) is 1. The Bertz CT molecular complexity index is 895. The van der Waals surface area contributed by atoms with Crippen molar-refractivity contribution in [2.45, 2.75) is 19.5 Å². The molecule has 2 N–H and O–H groups in total. The summed E-state index contributed by atoms with van der Waals surface area (Å²) in [7, 11) is 0. The average molecular weight is 335 g/mol. The van der Waals surface area contributed by atoms with Gasteiger partial charge < -0.3 is 5.73 Å². The molecule has 1 aliphatic rings. The van der Waals surface area contributed by atoms with Crippen LogP contribution in [0.25, 0.3) is 11.3 Å². The van der Waals surface area contributed by atoms with Crippen molar-refractivity contribution < 1.29 is 4.39 Å². The fourth-order valence-corrected chi connectivity index (χ4v) is 3.13. The Balaban J connectivity index is 1.47. The predicted octanol–water partition coefficient (Wildman–Crippen LogP) is 2.82. The van der Waals surface area contributed by atoms with E-state index in [9.17, 15) is 4.39 Å². The molecule has 6 heteroatoms. The lowest BCUT2D eigenvalue weighted by molar-refractivity contribution is 0.243. The highest BCUT2D eigenvalue weighted by Crippen LogP contribution is 2.22. The highest BCUT2D eigenvalue weighted by Gasteiger charge is 2.18. The molecule has 25 heavy (non-hydrogen) atoms. The smallest absolute Gasteiger partial charge is 0.220 e. The molecule has 126 valence electrons. The van der Waals surface area contributed by atoms with Gasteiger partial charge in [0.15, 0.2) is 0 Å². The molecular weight excluding hydrogens is 317 g/mol. The monoisotopic (exact) mass is 335 g/mol. The minimum atomic E-state index is -0.255. The first-order valence-electron chi connectivity index (χ1n) is 8.21. The number of aromatic nitrogens is 3. The first-order chi connectivity index (χ1) is 12.2. The summed E-state index contributed by atoms with van der Waals surface area (Å²) in [5.41, 5.74) is 10.1. The molecule has 3 heterocycles. The molecule has 0 amide bonds. The van der Waals surface area contributed by atoms with Crippen molar-refractivity contribution in [2.24, 2.45) is 0 Å². The van der Waals surface area contributed by atoms with E-state index in [0.717, 1.165) is 42.9 Å². The van der Waals surface area contributed by atoms with Crippen LogP contribution in [0.4, 0.5) is 10.3 Å². The Morgan fingerprint density at radius 1 is 1.08 bits per heavy atom. The van der Waals surface area contributed by atoms with Crippen LogP contribution in [0.15, 0.2) is 48.8 Å². The summed E-state index contributed by atoms with van der Waals surface area (Å²) in [5.74, 6) is 0.0785. The molecule has 5 nitrogen and oxygen atoms in total. The molecule has 4 rings (SSSR count). The lowest BCUT2D eigenvalue weighted by Crippen LogP contribution is -2.31. The van der Waals surface area contributed by atoms with E-state index < -0.39 is 0 Å². The third-order valence-electron chi connectivity index (χ3n) is 4.41. The fraction of sp³-hybridized carbons (Fsp3) is 0.211. The summed E-state index contributed by atoms with van der Waals surface area (Å²) in [6.45, 7) is 2.50. The van der Waals surface area contributed by atoms with Crippen molar-refractivity contribution >= 4 is 5.95 Å². The van der Waals surface area contributed by atoms with Crippen LogP contribution in [0, 0.1) is 5.82 Å². The van der Waals surface area contributed by atoms with Gasteiger partial charge in [-0.15, -0.1) is 0 Å². The molecule has 3 aromatic rings. The number of halogens is 1. The van der Waals surface area contributed by atoms with Crippen LogP contribution in [0.1, 0.15) is 16.8 Å². The van der Waals surface area contributed by atoms with Crippen LogP contribution in [0.2, 0.25) is 0 Å². The van der Waals surface area contributed by atoms with E-state index in [2.05, 4.69) is 19.9 Å². The number of rotatable bonds is 3. The molecule has 0 unspecified atom stereocenters. The molecule has 0 bridgehead atoms. The Morgan fingerprint density at radius 3 is 2.76 bits per heavy atom. The van der Waals surface area contributed by atoms with E-state index >= 15 is 0 Å². The molecular formula is C19H18FN5. The first-order valence-corrected chi connectivity index (χ1v) is 8.21. The minimum Gasteiger partial charge on any atom is -0.368 e. The van der Waals surface area contributed by atoms with Gasteiger partial charge in [-0.2, -0.15) is 0 Å². The van der Waals surface area contributed by atoms with Crippen LogP contribution < -0.4 is 5.73 Å². The Kier molecular flexibility index (Phi) is 4.11. The second kappa shape index (κ2) is 6.57. The van der Waals surface area contributed by atoms with Gasteiger partial charge in [0.05, 0.1) is 11.4 Å². The summed E-state index contributed by atoms with van der Waals surface area (Å²) < 4.78 is 13.8. The zero-order valence-electron chi connectivity index (χ0n) is 13.7. The van der Waals surface area contributed by atoms with Gasteiger partial charge in [0.1, 0.15) is 5.82 Å². The summed E-state index contributed by atoms with van der Waals surface area (Å²) in [5, 5.41) is 0. The molecule has 1 aliphatic heterocycles. The van der Waals surface area contributed by atoms with Crippen LogP contribution >= 0.6 is 0 Å². The Morgan fingerprint density at radius 2 is 1.96 bits per heavy atom. The maximum absolute atomic E-state index is 13.8. The van der Waals surface area contributed by atoms with Crippen LogP contribution in [0.5, 0.6) is 0 Å². The quantitative estimate of drug-likeness (QED) is 0.797. The normalized spacial score (nSPS) is 14.3. The Labute approximate surface area is 145 Å². The third kappa shape index (κ3) is 3.34. The van der Waals surface area contributed by atoms with E-state index in [-0.39, 0.29) is 5.82 Å². The van der Waals surface area contributed by atoms with E-state index in [0.29, 0.717) is 17.2 Å². The largest absolute Gasteiger partial charge is 0.368 e. The predicted molar refractivity (Wildman–Crippen MR) is 93.9 cm³/mol. The first kappa shape index (κ1) is 15.7. The highest BCUT2D eigenvalue weighted by atomic mass is 19.1. The maximum Gasteiger partial charge on any atom is 0.220 e. The number of benzene rings is 1. The van der Waals surface area contributed by atoms with E-state index in [1.807, 2.05) is 30.6 Å². The van der Waals surface area contributed by atoms with Crippen molar-refractivity contribution in [3.63, 3.8) is 0 Å². The van der Waals surface area contributed by atoms with Crippen molar-refractivity contribution in [2.75, 3.05) is 12.3 Å². The standard InChI is InChI=1S/C19H18FN5/c20-16-4-2-1-3-15(16)18-6-5-13(9-22-18)11-25-8-7-17-14(12-25)10-23-19(21)24-17/h1-6,9-10H,7-8,11-12H2,(H2,21,23,24). The number of hydrogen-bond acceptors (Lipinski definition) is 5. The molecule has 0 aliphatic carbocycles. The van der Waals surface area contributed by atoms with Crippen LogP contribution in [-0.4, -0.2) is 26.4 Å². The molecule has 0 saturated heterocycles. The van der Waals surface area contributed by atoms with Crippen LogP contribution in [0.3, 0.4) is 0 Å². The zero-order chi connectivity index (χ0) is 17.2. The molecule has 0 atom stereocenters. The average Bonchev–Trinajstić information content (AvgIpc) is 2.63. The van der Waals surface area contributed by atoms with Gasteiger partial charge >= 0.3 is 0 Å². The third-order valence-corrected chi connectivity index (χ3v) is 4.41. The van der Waals surface area contributed by atoms with Gasteiger partial charge in [0.25, 0.3) is 0 Å². The molecule has 0 radical (unpaired) electrons. The molecule has 2 aromatic heterocycles. The number of nitrogen functional groups attached to an aromatic ring is 1. The van der Waals surface area contributed by atoms with Gasteiger partial charge in [-0.1, -0.05) is 18.2 Å². The van der Waals surface area contributed by atoms with Gasteiger partial charge in [0, 0.05) is 49.6 Å². The zero-order valence-corrected chi connectivity index (χ0v) is 13.7. The van der Waals surface area contributed by atoms with Gasteiger partial charge in [-0.25, -0.2) is 14.4 Å². The summed E-state index contributed by atoms with van der Waals surface area (Å²) >= 11 is 0. The minimum absolute atomic E-state index is 0.255. The van der Waals surface area contributed by atoms with Gasteiger partial charge in [-0.3, -0.25) is 9.88 Å². The fourth-order valence-electron chi connectivity index (χ4n) is 3.13. The van der Waals surface area contributed by atoms with Crippen molar-refractivity contribution in [3.05, 3.63) is 71.4 Å². The Hall–Kier alpha value is -2.86. The molecule has 0 spiro atoms.